The minimum Gasteiger partial charge on any atom is -0.480 e. The molecular weight excluding hydrogens is 568 g/mol. The molecule has 0 unspecified atom stereocenters. The van der Waals surface area contributed by atoms with Gasteiger partial charge in [0.2, 0.25) is 6.79 Å². The molecule has 1 aromatic carbocycles. The van der Waals surface area contributed by atoms with Crippen molar-refractivity contribution in [3.63, 3.8) is 0 Å². The standard InChI is InChI=1S/C19H30O5.C10H18O3.Zr/c1-3-5-7-20-8-9-21-10-11-22-14-17-13-19-18(23-15-24-19)12-16(17)6-4-2;1-4-7-8(11)10(5-2,6-3)9(12)13;/h12-13H,3-11,14-15H2,1-2H3;4-7H2,1-3H3,(H,12,13);. The van der Waals surface area contributed by atoms with E-state index in [1.54, 1.807) is 13.8 Å². The van der Waals surface area contributed by atoms with Gasteiger partial charge in [-0.2, -0.15) is 0 Å². The molecule has 1 aliphatic rings. The van der Waals surface area contributed by atoms with Crippen molar-refractivity contribution in [2.45, 2.75) is 92.6 Å². The van der Waals surface area contributed by atoms with E-state index in [9.17, 15) is 9.59 Å². The largest absolute Gasteiger partial charge is 0.480 e. The SMILES string of the molecule is CCCC(=O)C(CC)(CC)C(=O)O.CCCCOCCOCCOCc1cc2c(cc1CCC)OCO2.[Zr]. The predicted octanol–water partition coefficient (Wildman–Crippen LogP) is 5.96. The van der Waals surface area contributed by atoms with E-state index in [1.165, 1.54) is 11.1 Å². The van der Waals surface area contributed by atoms with Crippen LogP contribution in [0.15, 0.2) is 12.1 Å². The topological polar surface area (TPSA) is 101 Å². The fourth-order valence-corrected chi connectivity index (χ4v) is 4.06. The average Bonchev–Trinajstić information content (AvgIpc) is 3.34. The first-order chi connectivity index (χ1) is 17.9. The molecule has 2 rings (SSSR count). The third kappa shape index (κ3) is 12.3. The Hall–Kier alpha value is -1.28. The predicted molar refractivity (Wildman–Crippen MR) is 143 cm³/mol. The van der Waals surface area contributed by atoms with Crippen LogP contribution < -0.4 is 9.47 Å². The number of benzene rings is 1. The van der Waals surface area contributed by atoms with Crippen molar-refractivity contribution in [2.24, 2.45) is 5.41 Å². The summed E-state index contributed by atoms with van der Waals surface area (Å²) in [6.07, 6.45) is 6.24. The maximum Gasteiger partial charge on any atom is 0.317 e. The van der Waals surface area contributed by atoms with Gasteiger partial charge in [-0.1, -0.05) is 47.5 Å². The van der Waals surface area contributed by atoms with Crippen LogP contribution in [0, 0.1) is 5.41 Å². The molecular formula is C29H48O8Zr. The molecule has 0 aromatic heterocycles. The molecule has 0 aliphatic carbocycles. The summed E-state index contributed by atoms with van der Waals surface area (Å²) in [6.45, 7) is 13.9. The molecule has 0 bridgehead atoms. The zero-order chi connectivity index (χ0) is 27.5. The van der Waals surface area contributed by atoms with Gasteiger partial charge < -0.3 is 28.8 Å². The smallest absolute Gasteiger partial charge is 0.317 e. The molecule has 0 spiro atoms. The van der Waals surface area contributed by atoms with E-state index in [0.717, 1.165) is 43.8 Å². The van der Waals surface area contributed by atoms with Crippen LogP contribution in [0.1, 0.15) is 90.7 Å². The molecule has 8 nitrogen and oxygen atoms in total. The molecule has 216 valence electrons. The monoisotopic (exact) mass is 614 g/mol. The van der Waals surface area contributed by atoms with Crippen molar-refractivity contribution < 1.29 is 64.6 Å². The Morgan fingerprint density at radius 2 is 1.37 bits per heavy atom. The first kappa shape index (κ1) is 36.7. The van der Waals surface area contributed by atoms with Gasteiger partial charge in [0, 0.05) is 39.2 Å². The summed E-state index contributed by atoms with van der Waals surface area (Å²) >= 11 is 0. The fraction of sp³-hybridized carbons (Fsp3) is 0.724. The van der Waals surface area contributed by atoms with Gasteiger partial charge in [-0.3, -0.25) is 9.59 Å². The second-order valence-corrected chi connectivity index (χ2v) is 9.12. The number of carbonyl (C=O) groups excluding carboxylic acids is 1. The number of Topliss-reactive ketones (excluding diaryl/α,β-unsaturated/α-hetero) is 1. The van der Waals surface area contributed by atoms with Crippen LogP contribution in [0.5, 0.6) is 11.5 Å². The molecule has 0 atom stereocenters. The Labute approximate surface area is 248 Å². The van der Waals surface area contributed by atoms with Gasteiger partial charge >= 0.3 is 5.97 Å². The van der Waals surface area contributed by atoms with E-state index in [4.69, 9.17) is 28.8 Å². The van der Waals surface area contributed by atoms with Gasteiger partial charge in [0.05, 0.1) is 33.0 Å². The van der Waals surface area contributed by atoms with Crippen molar-refractivity contribution in [3.05, 3.63) is 23.3 Å². The number of carboxylic acids is 1. The first-order valence-electron chi connectivity index (χ1n) is 13.8. The number of ether oxygens (including phenoxy) is 5. The number of hydrogen-bond acceptors (Lipinski definition) is 7. The molecule has 0 amide bonds. The number of aryl methyl sites for hydroxylation is 1. The van der Waals surface area contributed by atoms with E-state index < -0.39 is 11.4 Å². The van der Waals surface area contributed by atoms with E-state index >= 15 is 0 Å². The minimum absolute atomic E-state index is 0. The van der Waals surface area contributed by atoms with E-state index in [1.807, 2.05) is 13.0 Å². The quantitative estimate of drug-likeness (QED) is 0.150. The van der Waals surface area contributed by atoms with Crippen molar-refractivity contribution in [1.29, 1.82) is 0 Å². The number of rotatable bonds is 19. The number of hydrogen-bond donors (Lipinski definition) is 1. The van der Waals surface area contributed by atoms with E-state index in [2.05, 4.69) is 19.9 Å². The Morgan fingerprint density at radius 1 is 0.816 bits per heavy atom. The number of ketones is 1. The number of aliphatic carboxylic acids is 1. The number of carboxylic acid groups (broad SMARTS) is 1. The van der Waals surface area contributed by atoms with Crippen LogP contribution >= 0.6 is 0 Å². The van der Waals surface area contributed by atoms with Crippen molar-refractivity contribution in [2.75, 3.05) is 39.8 Å². The summed E-state index contributed by atoms with van der Waals surface area (Å²) in [5, 5.41) is 9.00. The van der Waals surface area contributed by atoms with Crippen molar-refractivity contribution >= 4 is 11.8 Å². The van der Waals surface area contributed by atoms with Crippen LogP contribution in [0.4, 0.5) is 0 Å². The maximum atomic E-state index is 11.6. The summed E-state index contributed by atoms with van der Waals surface area (Å²) in [7, 11) is 0. The molecule has 1 N–H and O–H groups in total. The molecule has 0 fully saturated rings. The normalized spacial score (nSPS) is 11.9. The second kappa shape index (κ2) is 21.5. The van der Waals surface area contributed by atoms with Gasteiger partial charge in [-0.25, -0.2) is 0 Å². The minimum atomic E-state index is -1.13. The fourth-order valence-electron chi connectivity index (χ4n) is 4.06. The Balaban J connectivity index is 0.000000838. The summed E-state index contributed by atoms with van der Waals surface area (Å²) < 4.78 is 27.6. The number of unbranched alkanes of at least 4 members (excludes halogenated alkanes) is 1. The van der Waals surface area contributed by atoms with Gasteiger partial charge in [0.25, 0.3) is 0 Å². The third-order valence-corrected chi connectivity index (χ3v) is 6.49. The molecule has 1 aliphatic heterocycles. The zero-order valence-corrected chi connectivity index (χ0v) is 26.5. The van der Waals surface area contributed by atoms with Crippen molar-refractivity contribution in [3.8, 4) is 11.5 Å². The molecule has 9 heteroatoms. The van der Waals surface area contributed by atoms with Gasteiger partial charge in [-0.05, 0) is 55.4 Å². The number of carbonyl (C=O) groups is 2. The van der Waals surface area contributed by atoms with Crippen LogP contribution in [0.25, 0.3) is 0 Å². The Morgan fingerprint density at radius 3 is 1.87 bits per heavy atom. The molecule has 0 radical (unpaired) electrons. The molecule has 38 heavy (non-hydrogen) atoms. The molecule has 0 saturated heterocycles. The van der Waals surface area contributed by atoms with Gasteiger partial charge in [0.15, 0.2) is 11.5 Å². The van der Waals surface area contributed by atoms with Crippen LogP contribution in [-0.4, -0.2) is 56.7 Å². The van der Waals surface area contributed by atoms with Crippen LogP contribution in [-0.2, 0) is 63.0 Å². The maximum absolute atomic E-state index is 11.6. The molecule has 1 heterocycles. The van der Waals surface area contributed by atoms with Crippen molar-refractivity contribution in [1.82, 2.24) is 0 Å². The van der Waals surface area contributed by atoms with Gasteiger partial charge in [-0.15, -0.1) is 0 Å². The summed E-state index contributed by atoms with van der Waals surface area (Å²) in [5.74, 6) is 0.547. The summed E-state index contributed by atoms with van der Waals surface area (Å²) in [5.41, 5.74) is 1.31. The molecule has 1 aromatic rings. The van der Waals surface area contributed by atoms with E-state index in [-0.39, 0.29) is 32.0 Å². The zero-order valence-electron chi connectivity index (χ0n) is 24.1. The van der Waals surface area contributed by atoms with Gasteiger partial charge in [0.1, 0.15) is 11.2 Å². The number of fused-ring (bicyclic) bond motifs is 1. The van der Waals surface area contributed by atoms with E-state index in [0.29, 0.717) is 65.5 Å². The summed E-state index contributed by atoms with van der Waals surface area (Å²) in [4.78, 5) is 22.6. The average molecular weight is 616 g/mol. The Bertz CT molecular complexity index is 795. The summed E-state index contributed by atoms with van der Waals surface area (Å²) in [6, 6.07) is 4.12. The first-order valence-corrected chi connectivity index (χ1v) is 13.8. The second-order valence-electron chi connectivity index (χ2n) is 9.12. The van der Waals surface area contributed by atoms with Crippen LogP contribution in [0.2, 0.25) is 0 Å². The van der Waals surface area contributed by atoms with Crippen LogP contribution in [0.3, 0.4) is 0 Å². The third-order valence-electron chi connectivity index (χ3n) is 6.49. The Kier molecular flexibility index (Phi) is 20.8. The molecule has 0 saturated carbocycles.